The average Bonchev–Trinajstić information content (AvgIpc) is 3.20. The summed E-state index contributed by atoms with van der Waals surface area (Å²) < 4.78 is 10.7. The van der Waals surface area contributed by atoms with Gasteiger partial charge in [-0.3, -0.25) is 4.79 Å². The molecule has 2 heterocycles. The largest absolute Gasteiger partial charge is 0.380 e. The molecule has 5 nitrogen and oxygen atoms in total. The first-order chi connectivity index (χ1) is 10.3. The molecule has 2 aliphatic rings. The number of Topliss-reactive ketones (excluding diaryl/α,β-unsaturated/α-hetero) is 1. The lowest BCUT2D eigenvalue weighted by atomic mass is 9.95. The second kappa shape index (κ2) is 4.77. The molecule has 0 radical (unpaired) electrons. The van der Waals surface area contributed by atoms with Gasteiger partial charge < -0.3 is 9.26 Å². The van der Waals surface area contributed by atoms with E-state index in [1.165, 1.54) is 5.56 Å². The summed E-state index contributed by atoms with van der Waals surface area (Å²) in [6.45, 7) is 0.836. The normalized spacial score (nSPS) is 24.0. The van der Waals surface area contributed by atoms with Crippen LogP contribution in [0.4, 0.5) is 0 Å². The molecular formula is C16H16N2O3. The molecule has 1 atom stereocenters. The molecule has 1 aromatic carbocycles. The highest BCUT2D eigenvalue weighted by Gasteiger charge is 2.50. The zero-order chi connectivity index (χ0) is 14.3. The van der Waals surface area contributed by atoms with E-state index in [1.54, 1.807) is 0 Å². The predicted octanol–water partition coefficient (Wildman–Crippen LogP) is 2.22. The van der Waals surface area contributed by atoms with Crippen LogP contribution in [0.3, 0.4) is 0 Å². The third kappa shape index (κ3) is 2.08. The minimum atomic E-state index is -0.397. The summed E-state index contributed by atoms with van der Waals surface area (Å²) in [5.41, 5.74) is 1.09. The summed E-state index contributed by atoms with van der Waals surface area (Å²) >= 11 is 0. The molecule has 2 fully saturated rings. The molecule has 1 saturated carbocycles. The van der Waals surface area contributed by atoms with Gasteiger partial charge in [0.2, 0.25) is 5.89 Å². The van der Waals surface area contributed by atoms with Crippen molar-refractivity contribution in [2.75, 3.05) is 13.2 Å². The Morgan fingerprint density at radius 2 is 2.00 bits per heavy atom. The van der Waals surface area contributed by atoms with E-state index < -0.39 is 5.92 Å². The molecule has 1 aromatic heterocycles. The first-order valence-corrected chi connectivity index (χ1v) is 7.30. The van der Waals surface area contributed by atoms with Gasteiger partial charge in [-0.25, -0.2) is 0 Å². The summed E-state index contributed by atoms with van der Waals surface area (Å²) in [6, 6.07) is 10.2. The molecule has 1 saturated heterocycles. The highest BCUT2D eigenvalue weighted by atomic mass is 16.5. The molecule has 21 heavy (non-hydrogen) atoms. The quantitative estimate of drug-likeness (QED) is 0.864. The highest BCUT2D eigenvalue weighted by Crippen LogP contribution is 2.52. The average molecular weight is 284 g/mol. The summed E-state index contributed by atoms with van der Waals surface area (Å²) in [7, 11) is 0. The van der Waals surface area contributed by atoms with E-state index in [0.717, 1.165) is 12.8 Å². The molecule has 1 unspecified atom stereocenters. The number of carbonyl (C=O) groups is 1. The second-order valence-electron chi connectivity index (χ2n) is 5.75. The van der Waals surface area contributed by atoms with Gasteiger partial charge in [-0.05, 0) is 18.4 Å². The van der Waals surface area contributed by atoms with Gasteiger partial charge >= 0.3 is 0 Å². The molecule has 0 N–H and O–H groups in total. The number of aromatic nitrogens is 2. The molecule has 4 rings (SSSR count). The Labute approximate surface area is 122 Å². The van der Waals surface area contributed by atoms with Gasteiger partial charge in [0.15, 0.2) is 5.82 Å². The van der Waals surface area contributed by atoms with Crippen molar-refractivity contribution >= 4 is 5.78 Å². The fraction of sp³-hybridized carbons (Fsp3) is 0.438. The molecule has 1 aliphatic carbocycles. The van der Waals surface area contributed by atoms with Crippen molar-refractivity contribution in [1.82, 2.24) is 10.1 Å². The van der Waals surface area contributed by atoms with Crippen LogP contribution in [-0.4, -0.2) is 29.1 Å². The van der Waals surface area contributed by atoms with Gasteiger partial charge in [0.1, 0.15) is 11.7 Å². The van der Waals surface area contributed by atoms with Gasteiger partial charge in [0.05, 0.1) is 18.6 Å². The van der Waals surface area contributed by atoms with Crippen LogP contribution in [0.5, 0.6) is 0 Å². The lowest BCUT2D eigenvalue weighted by molar-refractivity contribution is -0.127. The Morgan fingerprint density at radius 1 is 1.19 bits per heavy atom. The lowest BCUT2D eigenvalue weighted by Gasteiger charge is -2.17. The maximum absolute atomic E-state index is 11.9. The van der Waals surface area contributed by atoms with Crippen LogP contribution in [0.15, 0.2) is 34.9 Å². The number of hydrogen-bond acceptors (Lipinski definition) is 5. The summed E-state index contributed by atoms with van der Waals surface area (Å²) in [5.74, 6) is 0.826. The van der Waals surface area contributed by atoms with E-state index in [0.29, 0.717) is 31.3 Å². The molecule has 108 valence electrons. The molecule has 2 aromatic rings. The first kappa shape index (κ1) is 12.7. The molecule has 0 amide bonds. The number of nitrogens with zero attached hydrogens (tertiary/aromatic N) is 2. The third-order valence-corrected chi connectivity index (χ3v) is 4.41. The van der Waals surface area contributed by atoms with Crippen LogP contribution in [0, 0.1) is 0 Å². The van der Waals surface area contributed by atoms with Crippen molar-refractivity contribution in [3.63, 3.8) is 0 Å². The fourth-order valence-electron chi connectivity index (χ4n) is 2.94. The van der Waals surface area contributed by atoms with Gasteiger partial charge in [0.25, 0.3) is 0 Å². The minimum Gasteiger partial charge on any atom is -0.380 e. The van der Waals surface area contributed by atoms with Crippen molar-refractivity contribution in [1.29, 1.82) is 0 Å². The summed E-state index contributed by atoms with van der Waals surface area (Å²) in [6.07, 6.45) is 2.46. The van der Waals surface area contributed by atoms with E-state index in [9.17, 15) is 4.79 Å². The zero-order valence-corrected chi connectivity index (χ0v) is 11.6. The smallest absolute Gasteiger partial charge is 0.239 e. The minimum absolute atomic E-state index is 0.123. The number of hydrogen-bond donors (Lipinski definition) is 0. The zero-order valence-electron chi connectivity index (χ0n) is 11.6. The van der Waals surface area contributed by atoms with Crippen molar-refractivity contribution in [2.24, 2.45) is 0 Å². The van der Waals surface area contributed by atoms with Gasteiger partial charge in [0, 0.05) is 6.42 Å². The van der Waals surface area contributed by atoms with E-state index in [4.69, 9.17) is 9.26 Å². The van der Waals surface area contributed by atoms with Crippen LogP contribution in [-0.2, 0) is 14.9 Å². The number of carbonyl (C=O) groups excluding carboxylic acids is 1. The molecule has 5 heteroatoms. The van der Waals surface area contributed by atoms with Crippen LogP contribution >= 0.6 is 0 Å². The lowest BCUT2D eigenvalue weighted by Crippen LogP contribution is -2.26. The Balaban J connectivity index is 1.64. The van der Waals surface area contributed by atoms with Crippen molar-refractivity contribution in [2.45, 2.75) is 30.6 Å². The van der Waals surface area contributed by atoms with E-state index in [-0.39, 0.29) is 11.2 Å². The summed E-state index contributed by atoms with van der Waals surface area (Å²) in [5, 5.41) is 4.14. The Morgan fingerprint density at radius 3 is 2.71 bits per heavy atom. The van der Waals surface area contributed by atoms with Gasteiger partial charge in [-0.2, -0.15) is 4.98 Å². The predicted molar refractivity (Wildman–Crippen MR) is 73.9 cm³/mol. The topological polar surface area (TPSA) is 65.2 Å². The summed E-state index contributed by atoms with van der Waals surface area (Å²) in [4.78, 5) is 16.4. The third-order valence-electron chi connectivity index (χ3n) is 4.41. The van der Waals surface area contributed by atoms with Gasteiger partial charge in [-0.1, -0.05) is 35.5 Å². The van der Waals surface area contributed by atoms with Crippen LogP contribution in [0.2, 0.25) is 0 Å². The Hall–Kier alpha value is -2.01. The number of benzene rings is 1. The molecule has 0 bridgehead atoms. The highest BCUT2D eigenvalue weighted by molar-refractivity contribution is 5.85. The molecular weight excluding hydrogens is 268 g/mol. The van der Waals surface area contributed by atoms with E-state index in [1.807, 2.05) is 18.2 Å². The Kier molecular flexibility index (Phi) is 2.89. The van der Waals surface area contributed by atoms with E-state index in [2.05, 4.69) is 22.3 Å². The molecule has 1 aliphatic heterocycles. The maximum atomic E-state index is 11.9. The number of ketones is 1. The van der Waals surface area contributed by atoms with Crippen molar-refractivity contribution in [3.05, 3.63) is 47.6 Å². The second-order valence-corrected chi connectivity index (χ2v) is 5.75. The monoisotopic (exact) mass is 284 g/mol. The fourth-order valence-corrected chi connectivity index (χ4v) is 2.94. The maximum Gasteiger partial charge on any atom is 0.239 e. The number of ether oxygens (including phenoxy) is 1. The van der Waals surface area contributed by atoms with E-state index >= 15 is 0 Å². The first-order valence-electron chi connectivity index (χ1n) is 7.30. The van der Waals surface area contributed by atoms with Crippen molar-refractivity contribution in [3.8, 4) is 0 Å². The molecule has 0 spiro atoms. The SMILES string of the molecule is O=C1CCOCC1c1nc(C2(c3ccccc3)CC2)no1. The standard InChI is InChI=1S/C16H16N2O3/c19-13-6-9-20-10-12(13)14-17-15(18-21-14)16(7-8-16)11-4-2-1-3-5-11/h1-5,12H,6-10H2. The Bertz CT molecular complexity index is 661. The number of rotatable bonds is 3. The van der Waals surface area contributed by atoms with Crippen molar-refractivity contribution < 1.29 is 14.1 Å². The van der Waals surface area contributed by atoms with Gasteiger partial charge in [-0.15, -0.1) is 0 Å². The van der Waals surface area contributed by atoms with Crippen LogP contribution in [0.25, 0.3) is 0 Å². The van der Waals surface area contributed by atoms with Crippen LogP contribution < -0.4 is 0 Å². The van der Waals surface area contributed by atoms with Crippen LogP contribution in [0.1, 0.15) is 42.5 Å².